The number of aromatic nitrogens is 4. The van der Waals surface area contributed by atoms with Crippen molar-refractivity contribution in [3.63, 3.8) is 0 Å². The average molecular weight is 450 g/mol. The van der Waals surface area contributed by atoms with Gasteiger partial charge in [-0.2, -0.15) is 5.10 Å². The number of hydrogen-bond donors (Lipinski definition) is 0. The fraction of sp³-hybridized carbons (Fsp3) is 0.292. The molecular weight excluding hydrogens is 429 g/mol. The Bertz CT molecular complexity index is 1320. The second kappa shape index (κ2) is 7.17. The highest BCUT2D eigenvalue weighted by Gasteiger charge is 2.43. The summed E-state index contributed by atoms with van der Waals surface area (Å²) in [6.45, 7) is 3.55. The Labute approximate surface area is 189 Å². The van der Waals surface area contributed by atoms with Crippen LogP contribution in [0.3, 0.4) is 0 Å². The molecule has 4 aromatic rings. The minimum absolute atomic E-state index is 0.0772. The minimum atomic E-state index is -0.457. The zero-order valence-corrected chi connectivity index (χ0v) is 18.3. The quantitative estimate of drug-likeness (QED) is 0.437. The van der Waals surface area contributed by atoms with E-state index in [-0.39, 0.29) is 10.6 Å². The van der Waals surface area contributed by atoms with E-state index in [2.05, 4.69) is 21.0 Å². The Hall–Kier alpha value is -3.19. The van der Waals surface area contributed by atoms with Crippen LogP contribution in [-0.2, 0) is 6.42 Å². The lowest BCUT2D eigenvalue weighted by Gasteiger charge is -2.39. The van der Waals surface area contributed by atoms with E-state index in [1.807, 2.05) is 23.6 Å². The number of piperidine rings is 1. The number of ether oxygens (including phenoxy) is 1. The summed E-state index contributed by atoms with van der Waals surface area (Å²) >= 11 is 6.29. The number of anilines is 1. The van der Waals surface area contributed by atoms with Crippen LogP contribution in [0, 0.1) is 12.7 Å². The number of pyridine rings is 1. The summed E-state index contributed by atoms with van der Waals surface area (Å²) in [6.07, 6.45) is 6.20. The molecule has 1 fully saturated rings. The van der Waals surface area contributed by atoms with Gasteiger partial charge in [-0.05, 0) is 25.1 Å². The van der Waals surface area contributed by atoms with Crippen LogP contribution in [0.5, 0.6) is 5.88 Å². The van der Waals surface area contributed by atoms with E-state index in [0.29, 0.717) is 11.3 Å². The largest absolute Gasteiger partial charge is 0.470 e. The average Bonchev–Trinajstić information content (AvgIpc) is 3.41. The van der Waals surface area contributed by atoms with Crippen LogP contribution in [0.4, 0.5) is 10.2 Å². The van der Waals surface area contributed by atoms with Gasteiger partial charge in [0.15, 0.2) is 5.82 Å². The molecule has 2 aliphatic rings. The van der Waals surface area contributed by atoms with Crippen molar-refractivity contribution < 1.29 is 9.13 Å². The van der Waals surface area contributed by atoms with Crippen LogP contribution in [0.15, 0.2) is 48.8 Å². The first-order chi connectivity index (χ1) is 15.5. The Kier molecular flexibility index (Phi) is 4.37. The number of rotatable bonds is 2. The van der Waals surface area contributed by atoms with E-state index in [0.717, 1.165) is 55.3 Å². The zero-order chi connectivity index (χ0) is 21.9. The van der Waals surface area contributed by atoms with Crippen molar-refractivity contribution in [2.24, 2.45) is 0 Å². The molecule has 0 atom stereocenters. The molecule has 1 spiro atoms. The van der Waals surface area contributed by atoms with Gasteiger partial charge >= 0.3 is 0 Å². The highest BCUT2D eigenvalue weighted by molar-refractivity contribution is 6.33. The minimum Gasteiger partial charge on any atom is -0.470 e. The summed E-state index contributed by atoms with van der Waals surface area (Å²) in [5.74, 6) is 1.19. The van der Waals surface area contributed by atoms with Crippen LogP contribution in [-0.4, -0.2) is 38.3 Å². The van der Waals surface area contributed by atoms with E-state index in [1.54, 1.807) is 24.5 Å². The molecule has 0 saturated carbocycles. The monoisotopic (exact) mass is 449 g/mol. The normalized spacial score (nSPS) is 17.0. The summed E-state index contributed by atoms with van der Waals surface area (Å²) in [6, 6.07) is 10.8. The smallest absolute Gasteiger partial charge is 0.217 e. The maximum atomic E-state index is 14.1. The van der Waals surface area contributed by atoms with E-state index in [4.69, 9.17) is 21.3 Å². The number of halogens is 2. The van der Waals surface area contributed by atoms with Crippen LogP contribution in [0.25, 0.3) is 16.8 Å². The second-order valence-electron chi connectivity index (χ2n) is 8.52. The van der Waals surface area contributed by atoms with Crippen molar-refractivity contribution in [3.8, 4) is 17.1 Å². The van der Waals surface area contributed by atoms with Gasteiger partial charge < -0.3 is 9.64 Å². The van der Waals surface area contributed by atoms with Gasteiger partial charge in [0.1, 0.15) is 16.9 Å². The topological polar surface area (TPSA) is 55.5 Å². The van der Waals surface area contributed by atoms with Gasteiger partial charge in [-0.15, -0.1) is 0 Å². The summed E-state index contributed by atoms with van der Waals surface area (Å²) in [5, 5.41) is 4.59. The van der Waals surface area contributed by atoms with Crippen LogP contribution in [0.2, 0.25) is 5.02 Å². The lowest BCUT2D eigenvalue weighted by atomic mass is 9.87. The third-order valence-corrected chi connectivity index (χ3v) is 6.94. The molecule has 3 aromatic heterocycles. The van der Waals surface area contributed by atoms with Crippen molar-refractivity contribution in [2.75, 3.05) is 18.0 Å². The van der Waals surface area contributed by atoms with Crippen molar-refractivity contribution in [1.29, 1.82) is 0 Å². The maximum absolute atomic E-state index is 14.1. The fourth-order valence-corrected chi connectivity index (χ4v) is 5.16. The Morgan fingerprint density at radius 2 is 1.94 bits per heavy atom. The van der Waals surface area contributed by atoms with Crippen molar-refractivity contribution in [1.82, 2.24) is 19.6 Å². The number of aryl methyl sites for hydroxylation is 1. The molecule has 0 unspecified atom stereocenters. The third kappa shape index (κ3) is 2.95. The highest BCUT2D eigenvalue weighted by atomic mass is 35.5. The van der Waals surface area contributed by atoms with Crippen LogP contribution >= 0.6 is 11.6 Å². The van der Waals surface area contributed by atoms with Gasteiger partial charge in [0.25, 0.3) is 0 Å². The number of nitrogens with zero attached hydrogens (tertiary/aromatic N) is 5. The third-order valence-electron chi connectivity index (χ3n) is 6.56. The van der Waals surface area contributed by atoms with E-state index in [1.165, 1.54) is 11.6 Å². The molecule has 8 heteroatoms. The molecule has 6 rings (SSSR count). The summed E-state index contributed by atoms with van der Waals surface area (Å²) in [7, 11) is 0. The van der Waals surface area contributed by atoms with E-state index < -0.39 is 5.82 Å². The summed E-state index contributed by atoms with van der Waals surface area (Å²) in [5.41, 5.74) is 3.90. The predicted octanol–water partition coefficient (Wildman–Crippen LogP) is 4.87. The first kappa shape index (κ1) is 19.5. The zero-order valence-electron chi connectivity index (χ0n) is 17.6. The van der Waals surface area contributed by atoms with Gasteiger partial charge in [-0.3, -0.25) is 0 Å². The molecule has 0 bridgehead atoms. The van der Waals surface area contributed by atoms with Gasteiger partial charge in [0.05, 0.1) is 22.6 Å². The molecule has 0 N–H and O–H groups in total. The molecule has 0 radical (unpaired) electrons. The highest BCUT2D eigenvalue weighted by Crippen LogP contribution is 2.41. The Morgan fingerprint density at radius 3 is 2.75 bits per heavy atom. The van der Waals surface area contributed by atoms with Crippen LogP contribution < -0.4 is 9.64 Å². The molecule has 5 heterocycles. The molecule has 2 aliphatic heterocycles. The van der Waals surface area contributed by atoms with Crippen LogP contribution in [0.1, 0.15) is 24.1 Å². The Balaban J connectivity index is 1.34. The SMILES string of the molecule is Cc1nc(N2CCC3(CC2)Cc2cccnc2O3)c2ccnn2c1-c1cccc(F)c1Cl. The van der Waals surface area contributed by atoms with Crippen molar-refractivity contribution in [3.05, 3.63) is 70.9 Å². The van der Waals surface area contributed by atoms with Crippen molar-refractivity contribution >= 4 is 22.9 Å². The molecule has 0 amide bonds. The van der Waals surface area contributed by atoms with Gasteiger partial charge in [-0.25, -0.2) is 18.9 Å². The summed E-state index contributed by atoms with van der Waals surface area (Å²) in [4.78, 5) is 11.6. The first-order valence-corrected chi connectivity index (χ1v) is 11.1. The molecule has 1 saturated heterocycles. The number of fused-ring (bicyclic) bond motifs is 2. The van der Waals surface area contributed by atoms with E-state index in [9.17, 15) is 4.39 Å². The second-order valence-corrected chi connectivity index (χ2v) is 8.89. The van der Waals surface area contributed by atoms with Gasteiger partial charge in [-0.1, -0.05) is 29.8 Å². The Morgan fingerprint density at radius 1 is 1.09 bits per heavy atom. The van der Waals surface area contributed by atoms with Crippen molar-refractivity contribution in [2.45, 2.75) is 31.8 Å². The number of benzene rings is 1. The lowest BCUT2D eigenvalue weighted by Crippen LogP contribution is -2.47. The molecule has 1 aromatic carbocycles. The standard InChI is InChI=1S/C24H21ClFN5O/c1-15-21(17-5-2-6-18(26)20(17)25)31-19(7-11-28-31)22(29-15)30-12-8-24(9-13-30)14-16-4-3-10-27-23(16)32-24/h2-7,10-11H,8-9,12-14H2,1H3. The first-order valence-electron chi connectivity index (χ1n) is 10.7. The lowest BCUT2D eigenvalue weighted by molar-refractivity contribution is 0.0628. The maximum Gasteiger partial charge on any atom is 0.217 e. The van der Waals surface area contributed by atoms with Gasteiger partial charge in [0, 0.05) is 49.7 Å². The molecule has 6 nitrogen and oxygen atoms in total. The predicted molar refractivity (Wildman–Crippen MR) is 121 cm³/mol. The molecular formula is C24H21ClFN5O. The molecule has 32 heavy (non-hydrogen) atoms. The summed E-state index contributed by atoms with van der Waals surface area (Å²) < 4.78 is 22.2. The fourth-order valence-electron chi connectivity index (χ4n) is 4.95. The number of hydrogen-bond acceptors (Lipinski definition) is 5. The molecule has 162 valence electrons. The van der Waals surface area contributed by atoms with Gasteiger partial charge in [0.2, 0.25) is 5.88 Å². The molecule has 0 aliphatic carbocycles. The van der Waals surface area contributed by atoms with E-state index >= 15 is 0 Å².